The standard InChI is InChI=1S/C55H81N3O12/c1-11-37-16-15-17-40(27-37)41-30-56-49(57-41)31-68-45-20-19-38(28-46(45)65-8)25-34(5)50-36(7)43(59)29-44(60)39(12-2)23-32(3)22-33(4)24-47(66-9)51-48(67-10)26-35(6)55(64,70-51)52(61)53(62)58-21-14-13-18-42(58)54(63)69-50/h15-17,23,25,27,30,33,35-36,38-39,42-43,45-48,50-51,59,64H,11-14,18-22,24,26,28-29,31H2,1-10H3,(H,56,57)/b32-23+,34-25?. The first kappa shape index (κ1) is 55.2. The fraction of sp³-hybridized carbons (Fsp3) is 0.691. The summed E-state index contributed by atoms with van der Waals surface area (Å²) >= 11 is 0. The lowest BCUT2D eigenvalue weighted by Gasteiger charge is -2.47. The number of hydrogen-bond acceptors (Lipinski definition) is 13. The molecule has 1 saturated carbocycles. The van der Waals surface area contributed by atoms with E-state index in [1.807, 2.05) is 45.2 Å². The van der Waals surface area contributed by atoms with E-state index < -0.39 is 77.8 Å². The van der Waals surface area contributed by atoms with Crippen LogP contribution in [0.1, 0.15) is 130 Å². The molecule has 14 unspecified atom stereocenters. The topological polar surface area (TPSA) is 196 Å². The normalized spacial score (nSPS) is 35.6. The van der Waals surface area contributed by atoms with Crippen LogP contribution in [0, 0.1) is 29.6 Å². The number of carbonyl (C=O) groups excluding carboxylic acids is 4. The largest absolute Gasteiger partial charge is 0.456 e. The third-order valence-corrected chi connectivity index (χ3v) is 15.6. The number of aromatic amines is 1. The van der Waals surface area contributed by atoms with Crippen LogP contribution in [0.2, 0.25) is 0 Å². The zero-order chi connectivity index (χ0) is 50.9. The first-order valence-electron chi connectivity index (χ1n) is 25.8. The van der Waals surface area contributed by atoms with Crippen molar-refractivity contribution in [2.24, 2.45) is 29.6 Å². The van der Waals surface area contributed by atoms with Crippen molar-refractivity contribution < 1.29 is 57.8 Å². The van der Waals surface area contributed by atoms with Gasteiger partial charge in [-0.2, -0.15) is 0 Å². The van der Waals surface area contributed by atoms with Gasteiger partial charge in [0.05, 0.1) is 36.2 Å². The number of hydrogen-bond donors (Lipinski definition) is 3. The predicted octanol–water partition coefficient (Wildman–Crippen LogP) is 7.65. The van der Waals surface area contributed by atoms with E-state index in [-0.39, 0.29) is 62.2 Å². The molecule has 2 aromatic rings. The number of fused-ring (bicyclic) bond motifs is 3. The van der Waals surface area contributed by atoms with Gasteiger partial charge in [0.15, 0.2) is 0 Å². The van der Waals surface area contributed by atoms with Crippen molar-refractivity contribution in [3.63, 3.8) is 0 Å². The molecule has 1 aromatic heterocycles. The van der Waals surface area contributed by atoms with Crippen molar-refractivity contribution in [2.45, 2.75) is 187 Å². The summed E-state index contributed by atoms with van der Waals surface area (Å²) in [6.07, 6.45) is 7.35. The van der Waals surface area contributed by atoms with Gasteiger partial charge in [-0.1, -0.05) is 70.5 Å². The van der Waals surface area contributed by atoms with Crippen LogP contribution in [0.5, 0.6) is 0 Å². The van der Waals surface area contributed by atoms with E-state index in [4.69, 9.17) is 33.4 Å². The molecule has 15 heteroatoms. The Morgan fingerprint density at radius 1 is 0.943 bits per heavy atom. The number of nitrogens with one attached hydrogen (secondary N) is 1. The van der Waals surface area contributed by atoms with Crippen LogP contribution in [-0.2, 0) is 60.6 Å². The van der Waals surface area contributed by atoms with Crippen molar-refractivity contribution in [3.8, 4) is 11.3 Å². The smallest absolute Gasteiger partial charge is 0.329 e. The number of carbonyl (C=O) groups is 4. The van der Waals surface area contributed by atoms with Gasteiger partial charge in [-0.15, -0.1) is 0 Å². The number of nitrogens with zero attached hydrogens (tertiary/aromatic N) is 2. The summed E-state index contributed by atoms with van der Waals surface area (Å²) in [5.41, 5.74) is 4.83. The minimum absolute atomic E-state index is 0.00324. The van der Waals surface area contributed by atoms with Crippen LogP contribution in [0.15, 0.2) is 53.8 Å². The van der Waals surface area contributed by atoms with E-state index in [0.29, 0.717) is 50.5 Å². The number of cyclic esters (lactones) is 1. The highest BCUT2D eigenvalue weighted by Gasteiger charge is 2.56. The number of esters is 1. The van der Waals surface area contributed by atoms with E-state index in [1.54, 1.807) is 21.0 Å². The van der Waals surface area contributed by atoms with Crippen molar-refractivity contribution in [3.05, 3.63) is 65.1 Å². The number of amides is 1. The third kappa shape index (κ3) is 13.1. The Morgan fingerprint density at radius 2 is 1.67 bits per heavy atom. The second kappa shape index (κ2) is 25.0. The van der Waals surface area contributed by atoms with E-state index in [0.717, 1.165) is 35.5 Å². The highest BCUT2D eigenvalue weighted by atomic mass is 16.7. The number of H-pyrrole nitrogens is 1. The maximum absolute atomic E-state index is 14.6. The van der Waals surface area contributed by atoms with Crippen LogP contribution < -0.4 is 0 Å². The van der Waals surface area contributed by atoms with Crippen molar-refractivity contribution in [1.82, 2.24) is 14.9 Å². The number of piperidine rings is 1. The summed E-state index contributed by atoms with van der Waals surface area (Å²) in [7, 11) is 4.75. The minimum atomic E-state index is -2.51. The molecule has 2 saturated heterocycles. The second-order valence-corrected chi connectivity index (χ2v) is 20.7. The van der Waals surface area contributed by atoms with Gasteiger partial charge in [-0.3, -0.25) is 14.4 Å². The van der Waals surface area contributed by atoms with Crippen LogP contribution in [0.3, 0.4) is 0 Å². The summed E-state index contributed by atoms with van der Waals surface area (Å²) in [6, 6.07) is 7.20. The summed E-state index contributed by atoms with van der Waals surface area (Å²) in [5.74, 6) is -6.82. The molecule has 3 N–H and O–H groups in total. The number of aromatic nitrogens is 2. The van der Waals surface area contributed by atoms with Crippen molar-refractivity contribution in [2.75, 3.05) is 27.9 Å². The van der Waals surface area contributed by atoms with Crippen molar-refractivity contribution in [1.29, 1.82) is 0 Å². The van der Waals surface area contributed by atoms with Crippen LogP contribution >= 0.6 is 0 Å². The monoisotopic (exact) mass is 976 g/mol. The van der Waals surface area contributed by atoms with Gasteiger partial charge in [-0.05, 0) is 114 Å². The van der Waals surface area contributed by atoms with E-state index in [2.05, 4.69) is 37.0 Å². The molecule has 2 bridgehead atoms. The number of aliphatic hydroxyl groups is 2. The molecule has 4 heterocycles. The average Bonchev–Trinajstić information content (AvgIpc) is 3.84. The Balaban J connectivity index is 1.25. The summed E-state index contributed by atoms with van der Waals surface area (Å²) in [5, 5.41) is 24.1. The molecule has 1 aromatic carbocycles. The Hall–Kier alpha value is -4.09. The molecule has 0 radical (unpaired) electrons. The zero-order valence-corrected chi connectivity index (χ0v) is 43.3. The molecule has 4 aliphatic rings. The number of aliphatic hydroxyl groups excluding tert-OH is 1. The number of imidazole rings is 1. The van der Waals surface area contributed by atoms with Crippen LogP contribution in [0.25, 0.3) is 11.3 Å². The Morgan fingerprint density at radius 3 is 2.37 bits per heavy atom. The molecule has 1 amide bonds. The number of benzene rings is 1. The average molecular weight is 976 g/mol. The molecule has 1 aliphatic carbocycles. The van der Waals surface area contributed by atoms with Gasteiger partial charge in [0, 0.05) is 63.8 Å². The van der Waals surface area contributed by atoms with Gasteiger partial charge in [0.1, 0.15) is 36.5 Å². The summed E-state index contributed by atoms with van der Waals surface area (Å²) < 4.78 is 36.9. The maximum Gasteiger partial charge on any atom is 0.329 e. The number of allylic oxidation sites excluding steroid dienone is 3. The number of aryl methyl sites for hydroxylation is 1. The molecule has 3 fully saturated rings. The van der Waals surface area contributed by atoms with Gasteiger partial charge >= 0.3 is 5.97 Å². The van der Waals surface area contributed by atoms with E-state index >= 15 is 0 Å². The number of Topliss-reactive ketones (excluding diaryl/α,β-unsaturated/α-hetero) is 2. The molecule has 0 spiro atoms. The highest BCUT2D eigenvalue weighted by molar-refractivity contribution is 6.39. The Labute approximate surface area is 415 Å². The predicted molar refractivity (Wildman–Crippen MR) is 264 cm³/mol. The molecule has 15 nitrogen and oxygen atoms in total. The van der Waals surface area contributed by atoms with Gasteiger partial charge < -0.3 is 48.5 Å². The van der Waals surface area contributed by atoms with Crippen LogP contribution in [-0.4, -0.2) is 131 Å². The Bertz CT molecular complexity index is 2150. The lowest BCUT2D eigenvalue weighted by Crippen LogP contribution is -2.64. The quantitative estimate of drug-likeness (QED) is 0.113. The maximum atomic E-state index is 14.6. The fourth-order valence-corrected chi connectivity index (χ4v) is 11.3. The lowest BCUT2D eigenvalue weighted by molar-refractivity contribution is -0.302. The minimum Gasteiger partial charge on any atom is -0.456 e. The third-order valence-electron chi connectivity index (χ3n) is 15.6. The number of methoxy groups -OCH3 is 3. The van der Waals surface area contributed by atoms with Gasteiger partial charge in [0.25, 0.3) is 11.7 Å². The molecule has 14 atom stereocenters. The summed E-state index contributed by atoms with van der Waals surface area (Å²) in [6.45, 7) is 13.8. The fourth-order valence-electron chi connectivity index (χ4n) is 11.3. The lowest BCUT2D eigenvalue weighted by atomic mass is 9.81. The second-order valence-electron chi connectivity index (χ2n) is 20.7. The first-order chi connectivity index (χ1) is 33.4. The highest BCUT2D eigenvalue weighted by Crippen LogP contribution is 2.40. The molecular formula is C55H81N3O12. The van der Waals surface area contributed by atoms with E-state index in [9.17, 15) is 29.4 Å². The van der Waals surface area contributed by atoms with Gasteiger partial charge in [0.2, 0.25) is 5.79 Å². The molecule has 70 heavy (non-hydrogen) atoms. The molecule has 6 rings (SSSR count). The summed E-state index contributed by atoms with van der Waals surface area (Å²) in [4.78, 5) is 66.7. The van der Waals surface area contributed by atoms with Gasteiger partial charge in [-0.25, -0.2) is 9.78 Å². The number of rotatable bonds is 11. The van der Waals surface area contributed by atoms with E-state index in [1.165, 1.54) is 24.7 Å². The molecular weight excluding hydrogens is 895 g/mol. The zero-order valence-electron chi connectivity index (χ0n) is 43.3. The van der Waals surface area contributed by atoms with Crippen LogP contribution in [0.4, 0.5) is 0 Å². The molecule has 388 valence electrons. The number of ether oxygens (including phenoxy) is 6. The number of ketones is 2. The SMILES string of the molecule is CCc1cccc(-c2c[nH]c(COC3CCC(C=C(C)C4OC(=O)C5CCCCN5C(=O)C(=O)C5(O)OC(C(OC)CC(C)C/C(C)=C/C(CC)C(=O)CC(O)C4C)C(OC)CC5C)CC3OC)n2)c1. The first-order valence-corrected chi connectivity index (χ1v) is 25.8. The van der Waals surface area contributed by atoms with Crippen molar-refractivity contribution >= 4 is 23.4 Å². The Kier molecular flexibility index (Phi) is 19.8. The molecule has 3 aliphatic heterocycles.